The van der Waals surface area contributed by atoms with Crippen LogP contribution in [-0.4, -0.2) is 34.9 Å². The van der Waals surface area contributed by atoms with Crippen LogP contribution >= 0.6 is 0 Å². The molecule has 0 bridgehead atoms. The predicted molar refractivity (Wildman–Crippen MR) is 532 cm³/mol. The summed E-state index contributed by atoms with van der Waals surface area (Å²) < 4.78 is 19.4. The van der Waals surface area contributed by atoms with E-state index >= 15 is 0 Å². The quantitative estimate of drug-likeness (QED) is 0.145. The van der Waals surface area contributed by atoms with Crippen LogP contribution < -0.4 is 0 Å². The Balaban J connectivity index is 0.000000106. The van der Waals surface area contributed by atoms with Gasteiger partial charge in [0.15, 0.2) is 17.5 Å². The normalized spacial score (nSPS) is 13.5. The van der Waals surface area contributed by atoms with Gasteiger partial charge in [0.1, 0.15) is 39.2 Å². The Hall–Kier alpha value is -16.4. The number of furan rings is 3. The molecule has 0 saturated heterocycles. The van der Waals surface area contributed by atoms with E-state index < -0.39 is 0 Å². The third-order valence-electron chi connectivity index (χ3n) is 27.5. The van der Waals surface area contributed by atoms with Crippen molar-refractivity contribution in [3.05, 3.63) is 416 Å². The molecule has 614 valence electrons. The van der Waals surface area contributed by atoms with E-state index in [4.69, 9.17) is 43.2 Å². The molecule has 0 saturated carbocycles. The molecule has 10 heteroatoms. The molecule has 7 aromatic heterocycles. The average Bonchev–Trinajstić information content (AvgIpc) is 1.55. The minimum atomic E-state index is -0.195. The molecule has 0 atom stereocenters. The summed E-state index contributed by atoms with van der Waals surface area (Å²) in [6.45, 7) is 13.8. The lowest BCUT2D eigenvalue weighted by molar-refractivity contribution is 0.619. The monoisotopic (exact) mass is 1670 g/mol. The van der Waals surface area contributed by atoms with Gasteiger partial charge in [-0.25, -0.2) is 29.9 Å². The zero-order chi connectivity index (χ0) is 86.8. The standard InChI is InChI=1S/C45H30N2O.C41H28N2O.C34H23N3O/c1-45(2)38-21-19-30(24-34(38)35-26-42-36(25-39(35)45)33-16-8-9-18-41(33)48-42)44-46-40-22-20-29(32-17-10-14-27-11-6-7-15-31(27)32)23-37(40)43(47-44)28-12-4-3-5-13-28;1-41(2)34-14-8-6-12-29(34)30-21-22-31-33-24-28(20-23-36(33)44-39(31)37(30)41)40-42-35-15-9-7-13-32(35)38(43-40)27-18-16-26(17-19-27)25-10-4-3-5-11-25;1-34(2)26-17-14-20(33-36-27-11-5-3-10-24(27)31(37-33)28-12-7-8-18-35-28)19-25(26)22-15-16-23-21-9-4-6-13-29(21)38-32(23)30(22)34/h3-26H,1-2H3;3-24H,1-2H3;3-19H,1-2H3. The van der Waals surface area contributed by atoms with Crippen molar-refractivity contribution in [3.8, 4) is 124 Å². The molecule has 7 heterocycles. The van der Waals surface area contributed by atoms with E-state index in [-0.39, 0.29) is 16.2 Å². The Labute approximate surface area is 749 Å². The van der Waals surface area contributed by atoms with Crippen molar-refractivity contribution < 1.29 is 13.3 Å². The first-order chi connectivity index (χ1) is 63.7. The van der Waals surface area contributed by atoms with Crippen molar-refractivity contribution in [2.45, 2.75) is 57.8 Å². The fraction of sp³-hybridized carbons (Fsp3) is 0.0750. The number of para-hydroxylation sites is 4. The van der Waals surface area contributed by atoms with Gasteiger partial charge in [-0.2, -0.15) is 0 Å². The molecule has 24 aromatic rings. The van der Waals surface area contributed by atoms with Crippen LogP contribution in [0.1, 0.15) is 74.9 Å². The highest BCUT2D eigenvalue weighted by Gasteiger charge is 2.42. The number of rotatable bonds is 8. The van der Waals surface area contributed by atoms with Crippen molar-refractivity contribution >= 4 is 109 Å². The van der Waals surface area contributed by atoms with Gasteiger partial charge in [0.25, 0.3) is 0 Å². The molecule has 3 aliphatic rings. The van der Waals surface area contributed by atoms with Gasteiger partial charge in [-0.05, 0) is 192 Å². The smallest absolute Gasteiger partial charge is 0.160 e. The fourth-order valence-electron chi connectivity index (χ4n) is 21.0. The van der Waals surface area contributed by atoms with Crippen LogP contribution in [0.2, 0.25) is 0 Å². The van der Waals surface area contributed by atoms with E-state index in [1.165, 1.54) is 105 Å². The minimum Gasteiger partial charge on any atom is -0.456 e. The maximum absolute atomic E-state index is 6.62. The van der Waals surface area contributed by atoms with E-state index in [0.717, 1.165) is 150 Å². The molecule has 0 aliphatic heterocycles. The highest BCUT2D eigenvalue weighted by atomic mass is 16.3. The molecule has 3 aliphatic carbocycles. The van der Waals surface area contributed by atoms with Gasteiger partial charge >= 0.3 is 0 Å². The fourth-order valence-corrected chi connectivity index (χ4v) is 21.0. The Morgan fingerprint density at radius 3 is 1.32 bits per heavy atom. The van der Waals surface area contributed by atoms with Crippen LogP contribution in [0, 0.1) is 0 Å². The van der Waals surface area contributed by atoms with Crippen LogP contribution in [0.15, 0.2) is 396 Å². The van der Waals surface area contributed by atoms with Crippen molar-refractivity contribution in [2.75, 3.05) is 0 Å². The summed E-state index contributed by atoms with van der Waals surface area (Å²) >= 11 is 0. The van der Waals surface area contributed by atoms with Crippen molar-refractivity contribution in [2.24, 2.45) is 0 Å². The number of hydrogen-bond acceptors (Lipinski definition) is 10. The van der Waals surface area contributed by atoms with Gasteiger partial charge in [0.2, 0.25) is 0 Å². The molecule has 0 unspecified atom stereocenters. The SMILES string of the molecule is CC1(C)c2ccc(-c3nc(-c4ccccc4)c4cc(-c5cccc6ccccc56)ccc4n3)cc2-c2cc3oc4ccccc4c3cc21.CC1(C)c2ccc(-c3nc(-c4ccccn4)c4ccccc4n3)cc2-c2ccc3c(oc4ccccc43)c21.CC1(C)c2ccccc2-c2ccc3c(oc4ccc(-c5nc(-c6ccc(-c7ccccc7)cc6)c6ccccc6n5)cc43)c21. The number of nitrogens with zero attached hydrogens (tertiary/aromatic N) is 7. The molecule has 10 nitrogen and oxygen atoms in total. The third-order valence-corrected chi connectivity index (χ3v) is 27.5. The van der Waals surface area contributed by atoms with E-state index in [0.29, 0.717) is 11.6 Å². The van der Waals surface area contributed by atoms with Crippen LogP contribution in [-0.2, 0) is 16.2 Å². The molecular formula is C120H81N7O3. The summed E-state index contributed by atoms with van der Waals surface area (Å²) in [6, 6.07) is 132. The van der Waals surface area contributed by atoms with Crippen molar-refractivity contribution in [1.29, 1.82) is 0 Å². The lowest BCUT2D eigenvalue weighted by atomic mass is 9.81. The summed E-state index contributed by atoms with van der Waals surface area (Å²) in [6.07, 6.45) is 1.80. The lowest BCUT2D eigenvalue weighted by Gasteiger charge is -2.21. The Kier molecular flexibility index (Phi) is 17.2. The van der Waals surface area contributed by atoms with Gasteiger partial charge in [0, 0.05) is 110 Å². The molecular weight excluding hydrogens is 1590 g/mol. The average molecular weight is 1670 g/mol. The maximum atomic E-state index is 6.62. The zero-order valence-electron chi connectivity index (χ0n) is 72.2. The summed E-state index contributed by atoms with van der Waals surface area (Å²) in [5.41, 5.74) is 36.4. The predicted octanol–water partition coefficient (Wildman–Crippen LogP) is 31.4. The topological polar surface area (TPSA) is 130 Å². The highest BCUT2D eigenvalue weighted by molar-refractivity contribution is 6.13. The first-order valence-electron chi connectivity index (χ1n) is 44.5. The Morgan fingerprint density at radius 1 is 0.208 bits per heavy atom. The van der Waals surface area contributed by atoms with E-state index in [1.807, 2.05) is 78.9 Å². The molecule has 0 spiro atoms. The largest absolute Gasteiger partial charge is 0.456 e. The number of benzene rings is 17. The summed E-state index contributed by atoms with van der Waals surface area (Å²) in [4.78, 5) is 35.3. The lowest BCUT2D eigenvalue weighted by Crippen LogP contribution is -2.15. The molecule has 0 fully saturated rings. The van der Waals surface area contributed by atoms with E-state index in [1.54, 1.807) is 6.20 Å². The van der Waals surface area contributed by atoms with Gasteiger partial charge in [-0.15, -0.1) is 0 Å². The maximum Gasteiger partial charge on any atom is 0.160 e. The third kappa shape index (κ3) is 12.1. The van der Waals surface area contributed by atoms with Crippen LogP contribution in [0.4, 0.5) is 0 Å². The van der Waals surface area contributed by atoms with Gasteiger partial charge in [-0.1, -0.05) is 315 Å². The van der Waals surface area contributed by atoms with Gasteiger partial charge in [0.05, 0.1) is 33.6 Å². The van der Waals surface area contributed by atoms with Gasteiger partial charge < -0.3 is 13.3 Å². The summed E-state index contributed by atoms with van der Waals surface area (Å²) in [5, 5.41) is 12.4. The highest BCUT2D eigenvalue weighted by Crippen LogP contribution is 2.57. The molecule has 0 radical (unpaired) electrons. The van der Waals surface area contributed by atoms with Gasteiger partial charge in [-0.3, -0.25) is 4.98 Å². The summed E-state index contributed by atoms with van der Waals surface area (Å²) in [5.74, 6) is 2.12. The van der Waals surface area contributed by atoms with Crippen LogP contribution in [0.25, 0.3) is 233 Å². The Bertz CT molecular complexity index is 8820. The number of aromatic nitrogens is 7. The number of fused-ring (bicyclic) bond motifs is 24. The molecule has 0 N–H and O–H groups in total. The second-order valence-electron chi connectivity index (χ2n) is 36.1. The first kappa shape index (κ1) is 76.0. The van der Waals surface area contributed by atoms with Crippen LogP contribution in [0.5, 0.6) is 0 Å². The van der Waals surface area contributed by atoms with Crippen LogP contribution in [0.3, 0.4) is 0 Å². The second kappa shape index (κ2) is 29.3. The Morgan fingerprint density at radius 2 is 0.638 bits per heavy atom. The van der Waals surface area contributed by atoms with Crippen molar-refractivity contribution in [1.82, 2.24) is 34.9 Å². The second-order valence-corrected chi connectivity index (χ2v) is 36.1. The number of hydrogen-bond donors (Lipinski definition) is 0. The van der Waals surface area contributed by atoms with E-state index in [2.05, 4.69) is 344 Å². The zero-order valence-corrected chi connectivity index (χ0v) is 72.2. The molecule has 130 heavy (non-hydrogen) atoms. The van der Waals surface area contributed by atoms with E-state index in [9.17, 15) is 0 Å². The summed E-state index contributed by atoms with van der Waals surface area (Å²) in [7, 11) is 0. The molecule has 0 amide bonds. The first-order valence-corrected chi connectivity index (χ1v) is 44.5. The molecule has 17 aromatic carbocycles. The minimum absolute atomic E-state index is 0.144. The van der Waals surface area contributed by atoms with Crippen molar-refractivity contribution in [3.63, 3.8) is 0 Å². The molecule has 27 rings (SSSR count). The number of pyridine rings is 1.